The van der Waals surface area contributed by atoms with Gasteiger partial charge in [0.05, 0.1) is 0 Å². The molecule has 3 aromatic rings. The van der Waals surface area contributed by atoms with Gasteiger partial charge in [-0.2, -0.15) is 34.8 Å². The Bertz CT molecular complexity index is 675. The molecule has 0 aliphatic heterocycles. The molecule has 0 aliphatic rings. The van der Waals surface area contributed by atoms with Crippen molar-refractivity contribution in [3.63, 3.8) is 0 Å². The van der Waals surface area contributed by atoms with E-state index in [1.807, 2.05) is 0 Å². The Morgan fingerprint density at radius 2 is 1.44 bits per heavy atom. The van der Waals surface area contributed by atoms with Crippen LogP contribution in [0.15, 0.2) is 60.7 Å². The minimum Gasteiger partial charge on any atom is -1.00 e. The molecule has 0 spiro atoms. The average Bonchev–Trinajstić information content (AvgIpc) is 3.07. The van der Waals surface area contributed by atoms with Crippen molar-refractivity contribution in [2.24, 2.45) is 0 Å². The average molecular weight is 443 g/mol. The van der Waals surface area contributed by atoms with Gasteiger partial charge >= 0.3 is 21.7 Å². The molecule has 0 atom stereocenters. The summed E-state index contributed by atoms with van der Waals surface area (Å²) in [5, 5.41) is 5.89. The van der Waals surface area contributed by atoms with Gasteiger partial charge in [0.1, 0.15) is 0 Å². The predicted molar refractivity (Wildman–Crippen MR) is 108 cm³/mol. The standard InChI is InChI=1S/C11H21Si2.C9H7.2ClH.Ti/c1-12(2,3)10-7-8-11(9-10)13(4,5)6;1-2-5-9-7-3-6-8(9)4-1;;;/h7-9H,1-6H3;1-7H;2*1H;/q2*-1;;;+4/p-2. The summed E-state index contributed by atoms with van der Waals surface area (Å²) in [4.78, 5) is 0. The van der Waals surface area contributed by atoms with Gasteiger partial charge in [-0.1, -0.05) is 45.3 Å². The van der Waals surface area contributed by atoms with Crippen molar-refractivity contribution in [2.75, 3.05) is 0 Å². The topological polar surface area (TPSA) is 0 Å². The van der Waals surface area contributed by atoms with Crippen LogP contribution in [0, 0.1) is 0 Å². The summed E-state index contributed by atoms with van der Waals surface area (Å²) in [5.74, 6) is 0. The van der Waals surface area contributed by atoms with Gasteiger partial charge in [-0.25, -0.2) is 11.3 Å². The summed E-state index contributed by atoms with van der Waals surface area (Å²) in [5.41, 5.74) is 0. The summed E-state index contributed by atoms with van der Waals surface area (Å²) in [6.07, 6.45) is 0. The summed E-state index contributed by atoms with van der Waals surface area (Å²) < 4.78 is 0. The van der Waals surface area contributed by atoms with Gasteiger partial charge < -0.3 is 24.8 Å². The third-order valence-corrected chi connectivity index (χ3v) is 8.12. The molecule has 0 heterocycles. The summed E-state index contributed by atoms with van der Waals surface area (Å²) >= 11 is 0. The Kier molecular flexibility index (Phi) is 11.8. The van der Waals surface area contributed by atoms with Crippen molar-refractivity contribution in [2.45, 2.75) is 39.3 Å². The smallest absolute Gasteiger partial charge is 1.00 e. The quantitative estimate of drug-likeness (QED) is 0.355. The van der Waals surface area contributed by atoms with E-state index in [0.29, 0.717) is 0 Å². The van der Waals surface area contributed by atoms with Gasteiger partial charge in [0.15, 0.2) is 0 Å². The first-order valence-corrected chi connectivity index (χ1v) is 15.1. The molecule has 0 nitrogen and oxygen atoms in total. The minimum atomic E-state index is -1.07. The van der Waals surface area contributed by atoms with Crippen LogP contribution in [0.4, 0.5) is 0 Å². The Morgan fingerprint density at radius 3 is 1.88 bits per heavy atom. The molecule has 0 bridgehead atoms. The Hall–Kier alpha value is -0.0919. The molecule has 134 valence electrons. The fourth-order valence-electron chi connectivity index (χ4n) is 2.45. The van der Waals surface area contributed by atoms with Crippen molar-refractivity contribution in [1.29, 1.82) is 0 Å². The first-order chi connectivity index (χ1) is 10.2. The number of hydrogen-bond acceptors (Lipinski definition) is 0. The summed E-state index contributed by atoms with van der Waals surface area (Å²) in [7, 11) is -2.14. The zero-order chi connectivity index (χ0) is 16.4. The molecule has 0 unspecified atom stereocenters. The second-order valence-corrected chi connectivity index (χ2v) is 18.2. The van der Waals surface area contributed by atoms with Crippen LogP contribution in [0.2, 0.25) is 39.3 Å². The first kappa shape index (κ1) is 27.1. The van der Waals surface area contributed by atoms with Crippen LogP contribution in [0.5, 0.6) is 0 Å². The first-order valence-electron chi connectivity index (χ1n) is 8.06. The van der Waals surface area contributed by atoms with E-state index in [4.69, 9.17) is 0 Å². The van der Waals surface area contributed by atoms with Crippen LogP contribution in [-0.2, 0) is 21.7 Å². The zero-order valence-corrected chi connectivity index (χ0v) is 21.1. The van der Waals surface area contributed by atoms with Crippen molar-refractivity contribution in [1.82, 2.24) is 0 Å². The number of benzene rings is 1. The molecule has 0 saturated heterocycles. The number of fused-ring (bicyclic) bond motifs is 1. The minimum absolute atomic E-state index is 0. The van der Waals surface area contributed by atoms with E-state index in [9.17, 15) is 0 Å². The van der Waals surface area contributed by atoms with E-state index in [1.165, 1.54) is 10.8 Å². The van der Waals surface area contributed by atoms with Crippen LogP contribution in [0.1, 0.15) is 0 Å². The van der Waals surface area contributed by atoms with Gasteiger partial charge in [-0.05, 0) is 0 Å². The van der Waals surface area contributed by atoms with Crippen molar-refractivity contribution in [3.8, 4) is 0 Å². The number of hydrogen-bond donors (Lipinski definition) is 0. The molecule has 0 aliphatic carbocycles. The maximum absolute atomic E-state index is 2.46. The summed E-state index contributed by atoms with van der Waals surface area (Å²) in [6, 6.07) is 21.8. The van der Waals surface area contributed by atoms with Crippen LogP contribution < -0.4 is 35.2 Å². The van der Waals surface area contributed by atoms with Gasteiger partial charge in [0, 0.05) is 16.1 Å². The van der Waals surface area contributed by atoms with Crippen LogP contribution in [-0.4, -0.2) is 16.1 Å². The molecule has 0 fully saturated rings. The summed E-state index contributed by atoms with van der Waals surface area (Å²) in [6.45, 7) is 14.5. The van der Waals surface area contributed by atoms with E-state index in [1.54, 1.807) is 10.4 Å². The van der Waals surface area contributed by atoms with E-state index >= 15 is 0 Å². The molecule has 0 radical (unpaired) electrons. The van der Waals surface area contributed by atoms with Gasteiger partial charge in [0.25, 0.3) is 0 Å². The third-order valence-electron chi connectivity index (χ3n) is 4.03. The SMILES string of the molecule is C[Si](C)(C)c1cc[c-]([Si](C)(C)C)c1.[Cl-].[Cl-].[Ti+4].c1ccc2[cH-]ccc2c1. The molecular formula is C20H28Cl2Si2Ti. The van der Waals surface area contributed by atoms with Gasteiger partial charge in [0.2, 0.25) is 0 Å². The van der Waals surface area contributed by atoms with E-state index in [-0.39, 0.29) is 46.5 Å². The van der Waals surface area contributed by atoms with Crippen LogP contribution >= 0.6 is 0 Å². The largest absolute Gasteiger partial charge is 4.00 e. The van der Waals surface area contributed by atoms with Crippen LogP contribution in [0.25, 0.3) is 10.8 Å². The van der Waals surface area contributed by atoms with Crippen molar-refractivity contribution < 1.29 is 46.5 Å². The maximum atomic E-state index is 2.46. The molecular weight excluding hydrogens is 415 g/mol. The zero-order valence-electron chi connectivity index (χ0n) is 16.0. The number of halogens is 2. The molecule has 3 aromatic carbocycles. The molecule has 0 amide bonds. The normalized spacial score (nSPS) is 10.6. The maximum Gasteiger partial charge on any atom is 4.00 e. The van der Waals surface area contributed by atoms with E-state index in [2.05, 4.69) is 99.9 Å². The Balaban J connectivity index is 0. The fourth-order valence-corrected chi connectivity index (χ4v) is 4.93. The molecule has 0 N–H and O–H groups in total. The predicted octanol–water partition coefficient (Wildman–Crippen LogP) is -0.940. The third kappa shape index (κ3) is 7.99. The molecule has 3 rings (SSSR count). The molecule has 0 saturated carbocycles. The van der Waals surface area contributed by atoms with Crippen LogP contribution in [0.3, 0.4) is 0 Å². The van der Waals surface area contributed by atoms with Crippen molar-refractivity contribution >= 4 is 37.3 Å². The second kappa shape index (κ2) is 10.9. The second-order valence-electron chi connectivity index (χ2n) is 8.04. The van der Waals surface area contributed by atoms with E-state index < -0.39 is 16.1 Å². The Labute approximate surface area is 182 Å². The van der Waals surface area contributed by atoms with E-state index in [0.717, 1.165) is 0 Å². The fraction of sp³-hybridized carbons (Fsp3) is 0.300. The van der Waals surface area contributed by atoms with Crippen molar-refractivity contribution in [3.05, 3.63) is 60.7 Å². The molecule has 5 heteroatoms. The Morgan fingerprint density at radius 1 is 0.840 bits per heavy atom. The molecule has 0 aromatic heterocycles. The monoisotopic (exact) mass is 442 g/mol. The molecule has 25 heavy (non-hydrogen) atoms. The number of rotatable bonds is 2. The van der Waals surface area contributed by atoms with Gasteiger partial charge in [-0.3, -0.25) is 0 Å². The van der Waals surface area contributed by atoms with Gasteiger partial charge in [-0.15, -0.1) is 29.7 Å².